The highest BCUT2D eigenvalue weighted by Gasteiger charge is 2.47. The predicted octanol–water partition coefficient (Wildman–Crippen LogP) is 8.51. The van der Waals surface area contributed by atoms with Crippen LogP contribution in [0.5, 0.6) is 0 Å². The smallest absolute Gasteiger partial charge is 0.227 e. The molecule has 5 aromatic carbocycles. The van der Waals surface area contributed by atoms with Crippen LogP contribution in [0.3, 0.4) is 0 Å². The molecule has 0 radical (unpaired) electrons. The third kappa shape index (κ3) is 2.87. The van der Waals surface area contributed by atoms with Crippen LogP contribution in [0.1, 0.15) is 22.3 Å². The third-order valence-electron chi connectivity index (χ3n) is 7.06. The van der Waals surface area contributed by atoms with E-state index in [2.05, 4.69) is 91.0 Å². The molecule has 7 rings (SSSR count). The van der Waals surface area contributed by atoms with Gasteiger partial charge in [0.25, 0.3) is 0 Å². The van der Waals surface area contributed by atoms with E-state index in [-0.39, 0.29) is 0 Å². The van der Waals surface area contributed by atoms with Gasteiger partial charge in [0.15, 0.2) is 5.58 Å². The second-order valence-corrected chi connectivity index (χ2v) is 9.32. The highest BCUT2D eigenvalue weighted by atomic mass is 35.5. The van der Waals surface area contributed by atoms with E-state index >= 15 is 0 Å². The Labute approximate surface area is 208 Å². The van der Waals surface area contributed by atoms with Gasteiger partial charge in [0.2, 0.25) is 5.89 Å². The summed E-state index contributed by atoms with van der Waals surface area (Å²) in [5.74, 6) is 0.594. The van der Waals surface area contributed by atoms with E-state index in [1.54, 1.807) is 0 Å². The van der Waals surface area contributed by atoms with Crippen molar-refractivity contribution in [3.8, 4) is 22.6 Å². The Bertz CT molecular complexity index is 1650. The van der Waals surface area contributed by atoms with Gasteiger partial charge < -0.3 is 4.42 Å². The summed E-state index contributed by atoms with van der Waals surface area (Å²) in [5, 5.41) is 0.688. The molecule has 3 heteroatoms. The standard InChI is InChI=1S/C32H20ClNO/c33-24-17-15-21(16-18-24)31-34-30-28(35-31)20-19-26-25-13-7-8-14-27(25)32(29(26)30,22-9-3-1-4-10-22)23-11-5-2-6-12-23/h1-20H. The number of nitrogens with zero attached hydrogens (tertiary/aromatic N) is 1. The molecular weight excluding hydrogens is 450 g/mol. The summed E-state index contributed by atoms with van der Waals surface area (Å²) in [4.78, 5) is 5.10. The number of oxazole rings is 1. The number of benzene rings is 5. The molecule has 0 spiro atoms. The molecule has 35 heavy (non-hydrogen) atoms. The Balaban J connectivity index is 1.63. The van der Waals surface area contributed by atoms with Gasteiger partial charge in [-0.15, -0.1) is 0 Å². The van der Waals surface area contributed by atoms with Gasteiger partial charge in [-0.25, -0.2) is 4.98 Å². The molecule has 0 aliphatic heterocycles. The number of hydrogen-bond acceptors (Lipinski definition) is 2. The Kier molecular flexibility index (Phi) is 4.45. The number of rotatable bonds is 3. The van der Waals surface area contributed by atoms with E-state index in [1.165, 1.54) is 27.8 Å². The largest absolute Gasteiger partial charge is 0.436 e. The molecule has 2 nitrogen and oxygen atoms in total. The molecule has 1 aliphatic rings. The first-order valence-corrected chi connectivity index (χ1v) is 12.1. The molecule has 1 aromatic heterocycles. The Morgan fingerprint density at radius 1 is 0.600 bits per heavy atom. The van der Waals surface area contributed by atoms with Crippen LogP contribution in [0.4, 0.5) is 0 Å². The van der Waals surface area contributed by atoms with Crippen molar-refractivity contribution in [3.63, 3.8) is 0 Å². The molecule has 0 N–H and O–H groups in total. The quantitative estimate of drug-likeness (QED) is 0.259. The van der Waals surface area contributed by atoms with Crippen molar-refractivity contribution in [1.82, 2.24) is 4.98 Å². The van der Waals surface area contributed by atoms with Crippen LogP contribution < -0.4 is 0 Å². The normalized spacial score (nSPS) is 13.5. The fraction of sp³-hybridized carbons (Fsp3) is 0.0312. The number of halogens is 1. The molecule has 0 amide bonds. The lowest BCUT2D eigenvalue weighted by atomic mass is 9.67. The highest BCUT2D eigenvalue weighted by molar-refractivity contribution is 6.30. The molecule has 0 fully saturated rings. The average molecular weight is 470 g/mol. The summed E-state index contributed by atoms with van der Waals surface area (Å²) in [6, 6.07) is 42.0. The van der Waals surface area contributed by atoms with E-state index in [4.69, 9.17) is 21.0 Å². The van der Waals surface area contributed by atoms with Crippen molar-refractivity contribution in [2.75, 3.05) is 0 Å². The van der Waals surface area contributed by atoms with Crippen LogP contribution in [0.15, 0.2) is 126 Å². The monoisotopic (exact) mass is 469 g/mol. The average Bonchev–Trinajstić information content (AvgIpc) is 3.48. The van der Waals surface area contributed by atoms with Crippen molar-refractivity contribution in [1.29, 1.82) is 0 Å². The van der Waals surface area contributed by atoms with Crippen molar-refractivity contribution in [3.05, 3.63) is 149 Å². The molecule has 0 unspecified atom stereocenters. The van der Waals surface area contributed by atoms with Crippen LogP contribution in [-0.2, 0) is 5.41 Å². The van der Waals surface area contributed by atoms with Gasteiger partial charge in [-0.2, -0.15) is 0 Å². The number of aromatic nitrogens is 1. The zero-order valence-electron chi connectivity index (χ0n) is 18.8. The highest BCUT2D eigenvalue weighted by Crippen LogP contribution is 2.57. The minimum atomic E-state index is -0.512. The summed E-state index contributed by atoms with van der Waals surface area (Å²) in [5.41, 5.74) is 9.32. The number of fused-ring (bicyclic) bond motifs is 5. The molecule has 1 aliphatic carbocycles. The summed E-state index contributed by atoms with van der Waals surface area (Å²) in [6.45, 7) is 0. The Morgan fingerprint density at radius 2 is 1.23 bits per heavy atom. The second-order valence-electron chi connectivity index (χ2n) is 8.89. The Hall–Kier alpha value is -4.14. The maximum Gasteiger partial charge on any atom is 0.227 e. The van der Waals surface area contributed by atoms with Crippen LogP contribution in [0.2, 0.25) is 5.02 Å². The van der Waals surface area contributed by atoms with Gasteiger partial charge in [0.1, 0.15) is 5.52 Å². The van der Waals surface area contributed by atoms with Gasteiger partial charge in [-0.1, -0.05) is 103 Å². The molecule has 0 saturated heterocycles. The predicted molar refractivity (Wildman–Crippen MR) is 142 cm³/mol. The summed E-state index contributed by atoms with van der Waals surface area (Å²) in [6.07, 6.45) is 0. The molecule has 0 atom stereocenters. The van der Waals surface area contributed by atoms with Gasteiger partial charge in [-0.3, -0.25) is 0 Å². The molecule has 0 bridgehead atoms. The van der Waals surface area contributed by atoms with E-state index in [0.717, 1.165) is 22.2 Å². The van der Waals surface area contributed by atoms with Crippen LogP contribution in [-0.4, -0.2) is 4.98 Å². The fourth-order valence-electron chi connectivity index (χ4n) is 5.64. The van der Waals surface area contributed by atoms with Crippen LogP contribution in [0.25, 0.3) is 33.7 Å². The minimum absolute atomic E-state index is 0.512. The zero-order chi connectivity index (χ0) is 23.4. The first kappa shape index (κ1) is 20.3. The van der Waals surface area contributed by atoms with Crippen molar-refractivity contribution >= 4 is 22.7 Å². The summed E-state index contributed by atoms with van der Waals surface area (Å²) < 4.78 is 6.33. The molecule has 0 saturated carbocycles. The second kappa shape index (κ2) is 7.69. The van der Waals surface area contributed by atoms with Crippen LogP contribution in [0, 0.1) is 0 Å². The lowest BCUT2D eigenvalue weighted by Crippen LogP contribution is -2.28. The fourth-order valence-corrected chi connectivity index (χ4v) is 5.76. The summed E-state index contributed by atoms with van der Waals surface area (Å²) >= 11 is 6.13. The first-order valence-electron chi connectivity index (χ1n) is 11.7. The van der Waals surface area contributed by atoms with Crippen molar-refractivity contribution < 1.29 is 4.42 Å². The van der Waals surface area contributed by atoms with Gasteiger partial charge in [-0.05, 0) is 58.1 Å². The minimum Gasteiger partial charge on any atom is -0.436 e. The van der Waals surface area contributed by atoms with E-state index in [0.29, 0.717) is 10.9 Å². The zero-order valence-corrected chi connectivity index (χ0v) is 19.5. The van der Waals surface area contributed by atoms with Gasteiger partial charge >= 0.3 is 0 Å². The molecule has 1 heterocycles. The van der Waals surface area contributed by atoms with E-state index < -0.39 is 5.41 Å². The molecule has 166 valence electrons. The van der Waals surface area contributed by atoms with Crippen molar-refractivity contribution in [2.45, 2.75) is 5.41 Å². The van der Waals surface area contributed by atoms with Crippen LogP contribution >= 0.6 is 11.6 Å². The Morgan fingerprint density at radius 3 is 1.91 bits per heavy atom. The maximum absolute atomic E-state index is 6.33. The first-order chi connectivity index (χ1) is 17.3. The lowest BCUT2D eigenvalue weighted by molar-refractivity contribution is 0.620. The number of hydrogen-bond donors (Lipinski definition) is 0. The topological polar surface area (TPSA) is 26.0 Å². The van der Waals surface area contributed by atoms with E-state index in [9.17, 15) is 0 Å². The van der Waals surface area contributed by atoms with E-state index in [1.807, 2.05) is 30.3 Å². The van der Waals surface area contributed by atoms with Gasteiger partial charge in [0.05, 0.1) is 5.41 Å². The molecule has 6 aromatic rings. The third-order valence-corrected chi connectivity index (χ3v) is 7.31. The van der Waals surface area contributed by atoms with Gasteiger partial charge in [0, 0.05) is 16.1 Å². The van der Waals surface area contributed by atoms with Crippen molar-refractivity contribution in [2.24, 2.45) is 0 Å². The maximum atomic E-state index is 6.33. The SMILES string of the molecule is Clc1ccc(-c2nc3c4c(ccc3o2)-c2ccccc2C4(c2ccccc2)c2ccccc2)cc1. The lowest BCUT2D eigenvalue weighted by Gasteiger charge is -2.33. The summed E-state index contributed by atoms with van der Waals surface area (Å²) in [7, 11) is 0. The molecular formula is C32H20ClNO.